The standard InChI is InChI=1S/C34H39N3O4S2/c1-6-7-8-9-12-19-36-26-14-11-10-13-25(26)28(31(36)38)30-32(39)37-29(23-15-17-24(42-5)18-16-23)27(22(4)35-34(37)43-30)33(40)41-20-21(2)3/h10-11,13-18,21,29H,6-9,12,19-20H2,1-5H3. The second-order valence-electron chi connectivity index (χ2n) is 11.4. The fourth-order valence-electron chi connectivity index (χ4n) is 5.65. The number of thioether (sulfide) groups is 1. The molecule has 1 unspecified atom stereocenters. The van der Waals surface area contributed by atoms with Gasteiger partial charge in [-0.3, -0.25) is 14.2 Å². The van der Waals surface area contributed by atoms with Crippen molar-refractivity contribution < 1.29 is 14.3 Å². The normalized spacial score (nSPS) is 17.3. The average molecular weight is 618 g/mol. The van der Waals surface area contributed by atoms with Crippen molar-refractivity contribution in [2.45, 2.75) is 70.7 Å². The molecule has 0 fully saturated rings. The quantitative estimate of drug-likeness (QED) is 0.153. The van der Waals surface area contributed by atoms with Crippen molar-refractivity contribution in [3.8, 4) is 0 Å². The molecule has 1 aromatic heterocycles. The second kappa shape index (κ2) is 13.5. The molecule has 3 aromatic rings. The second-order valence-corrected chi connectivity index (χ2v) is 13.3. The number of esters is 1. The summed E-state index contributed by atoms with van der Waals surface area (Å²) >= 11 is 2.84. The number of unbranched alkanes of at least 4 members (excludes halogenated alkanes) is 4. The van der Waals surface area contributed by atoms with Gasteiger partial charge in [0.2, 0.25) is 0 Å². The molecule has 1 amide bonds. The van der Waals surface area contributed by atoms with Crippen LogP contribution in [0.25, 0.3) is 5.57 Å². The van der Waals surface area contributed by atoms with E-state index in [0.717, 1.165) is 47.4 Å². The van der Waals surface area contributed by atoms with Crippen molar-refractivity contribution in [3.63, 3.8) is 0 Å². The molecule has 0 saturated heterocycles. The van der Waals surface area contributed by atoms with Crippen LogP contribution in [0.5, 0.6) is 0 Å². The molecule has 226 valence electrons. The zero-order valence-electron chi connectivity index (χ0n) is 25.5. The minimum atomic E-state index is -0.720. The van der Waals surface area contributed by atoms with Crippen molar-refractivity contribution in [2.24, 2.45) is 10.9 Å². The fourth-order valence-corrected chi connectivity index (χ4v) is 7.19. The van der Waals surface area contributed by atoms with Crippen LogP contribution in [-0.2, 0) is 14.3 Å². The van der Waals surface area contributed by atoms with Gasteiger partial charge in [-0.1, -0.05) is 88.1 Å². The van der Waals surface area contributed by atoms with Gasteiger partial charge in [0, 0.05) is 17.0 Å². The molecular formula is C34H39N3O4S2. The summed E-state index contributed by atoms with van der Waals surface area (Å²) in [4.78, 5) is 50.0. The molecule has 0 N–H and O–H groups in total. The van der Waals surface area contributed by atoms with Crippen LogP contribution in [0.2, 0.25) is 0 Å². The largest absolute Gasteiger partial charge is 0.462 e. The van der Waals surface area contributed by atoms with E-state index in [9.17, 15) is 14.4 Å². The van der Waals surface area contributed by atoms with Gasteiger partial charge in [0.25, 0.3) is 11.5 Å². The van der Waals surface area contributed by atoms with E-state index in [4.69, 9.17) is 9.73 Å². The van der Waals surface area contributed by atoms with Gasteiger partial charge in [0.05, 0.1) is 35.2 Å². The van der Waals surface area contributed by atoms with Crippen molar-refractivity contribution >= 4 is 46.2 Å². The van der Waals surface area contributed by atoms with Crippen LogP contribution in [0.3, 0.4) is 0 Å². The summed E-state index contributed by atoms with van der Waals surface area (Å²) in [5.41, 5.74) is 3.32. The van der Waals surface area contributed by atoms with Gasteiger partial charge in [0.15, 0.2) is 4.80 Å². The van der Waals surface area contributed by atoms with Gasteiger partial charge in [-0.25, -0.2) is 9.79 Å². The Morgan fingerprint density at radius 2 is 1.77 bits per heavy atom. The van der Waals surface area contributed by atoms with Crippen molar-refractivity contribution in [2.75, 3.05) is 24.3 Å². The van der Waals surface area contributed by atoms with Crippen LogP contribution in [0.1, 0.15) is 77.0 Å². The molecular weight excluding hydrogens is 579 g/mol. The van der Waals surface area contributed by atoms with E-state index in [-0.39, 0.29) is 24.0 Å². The topological polar surface area (TPSA) is 81.0 Å². The number of hydrogen-bond acceptors (Lipinski definition) is 7. The summed E-state index contributed by atoms with van der Waals surface area (Å²) in [5.74, 6) is -0.478. The predicted octanol–water partition coefficient (Wildman–Crippen LogP) is 5.84. The first kappa shape index (κ1) is 31.0. The Balaban J connectivity index is 1.65. The SMILES string of the molecule is CCCCCCCN1C(=O)C(=c2sc3n(c2=O)C(c2ccc(SC)cc2)C(C(=O)OCC(C)C)=C(C)N=3)c2ccccc21. The third-order valence-corrected chi connectivity index (χ3v) is 9.63. The van der Waals surface area contributed by atoms with Gasteiger partial charge in [0.1, 0.15) is 4.53 Å². The van der Waals surface area contributed by atoms with Crippen molar-refractivity contribution in [3.05, 3.63) is 90.6 Å². The van der Waals surface area contributed by atoms with Crippen LogP contribution in [-0.4, -0.2) is 35.9 Å². The first-order valence-electron chi connectivity index (χ1n) is 15.0. The number of thiazole rings is 1. The Hall–Kier alpha value is -3.43. The van der Waals surface area contributed by atoms with E-state index in [1.54, 1.807) is 23.3 Å². The lowest BCUT2D eigenvalue weighted by atomic mass is 9.96. The third kappa shape index (κ3) is 6.15. The molecule has 1 atom stereocenters. The molecule has 0 bridgehead atoms. The smallest absolute Gasteiger partial charge is 0.338 e. The Morgan fingerprint density at radius 1 is 1.05 bits per heavy atom. The summed E-state index contributed by atoms with van der Waals surface area (Å²) in [5, 5.41) is 0. The van der Waals surface area contributed by atoms with E-state index in [1.165, 1.54) is 17.8 Å². The first-order valence-corrected chi connectivity index (χ1v) is 17.1. The Labute approximate surface area is 261 Å². The zero-order chi connectivity index (χ0) is 30.7. The molecule has 2 aromatic carbocycles. The lowest BCUT2D eigenvalue weighted by Crippen LogP contribution is -2.41. The number of amides is 1. The first-order chi connectivity index (χ1) is 20.8. The minimum Gasteiger partial charge on any atom is -0.462 e. The van der Waals surface area contributed by atoms with E-state index >= 15 is 0 Å². The van der Waals surface area contributed by atoms with Crippen LogP contribution in [0, 0.1) is 5.92 Å². The molecule has 2 aliphatic heterocycles. The van der Waals surface area contributed by atoms with E-state index in [1.807, 2.05) is 73.5 Å². The highest BCUT2D eigenvalue weighted by Crippen LogP contribution is 2.36. The minimum absolute atomic E-state index is 0.157. The maximum Gasteiger partial charge on any atom is 0.338 e. The van der Waals surface area contributed by atoms with E-state index in [2.05, 4.69) is 6.92 Å². The average Bonchev–Trinajstić information content (AvgIpc) is 3.47. The summed E-state index contributed by atoms with van der Waals surface area (Å²) in [6.07, 6.45) is 7.46. The highest BCUT2D eigenvalue weighted by molar-refractivity contribution is 7.98. The molecule has 0 spiro atoms. The number of carbonyl (C=O) groups is 2. The molecule has 9 heteroatoms. The number of nitrogens with zero attached hydrogens (tertiary/aromatic N) is 3. The van der Waals surface area contributed by atoms with Crippen LogP contribution in [0.4, 0.5) is 5.69 Å². The maximum atomic E-state index is 14.4. The molecule has 2 aliphatic rings. The maximum absolute atomic E-state index is 14.4. The number of ether oxygens (including phenoxy) is 1. The Kier molecular flexibility index (Phi) is 9.72. The van der Waals surface area contributed by atoms with Crippen LogP contribution >= 0.6 is 23.1 Å². The van der Waals surface area contributed by atoms with Gasteiger partial charge < -0.3 is 9.64 Å². The number of allylic oxidation sites excluding steroid dienone is 1. The highest BCUT2D eigenvalue weighted by atomic mass is 32.2. The van der Waals surface area contributed by atoms with Gasteiger partial charge in [-0.05, 0) is 49.3 Å². The molecule has 3 heterocycles. The number of para-hydroxylation sites is 1. The summed E-state index contributed by atoms with van der Waals surface area (Å²) in [6, 6.07) is 14.8. The number of rotatable bonds is 11. The molecule has 5 rings (SSSR count). The Bertz CT molecular complexity index is 1730. The fraction of sp³-hybridized carbons (Fsp3) is 0.412. The number of aromatic nitrogens is 1. The molecule has 43 heavy (non-hydrogen) atoms. The lowest BCUT2D eigenvalue weighted by Gasteiger charge is -2.25. The zero-order valence-corrected chi connectivity index (χ0v) is 27.1. The number of hydrogen-bond donors (Lipinski definition) is 0. The molecule has 0 radical (unpaired) electrons. The monoisotopic (exact) mass is 617 g/mol. The summed E-state index contributed by atoms with van der Waals surface area (Å²) in [6.45, 7) is 8.80. The number of benzene rings is 2. The summed E-state index contributed by atoms with van der Waals surface area (Å²) < 4.78 is 7.59. The predicted molar refractivity (Wildman–Crippen MR) is 174 cm³/mol. The van der Waals surface area contributed by atoms with Gasteiger partial charge in [-0.15, -0.1) is 11.8 Å². The highest BCUT2D eigenvalue weighted by Gasteiger charge is 2.37. The van der Waals surface area contributed by atoms with Crippen molar-refractivity contribution in [1.29, 1.82) is 0 Å². The Morgan fingerprint density at radius 3 is 2.47 bits per heavy atom. The molecule has 7 nitrogen and oxygen atoms in total. The van der Waals surface area contributed by atoms with Crippen LogP contribution in [0.15, 0.2) is 74.5 Å². The van der Waals surface area contributed by atoms with Gasteiger partial charge >= 0.3 is 5.97 Å². The number of carbonyl (C=O) groups excluding carboxylic acids is 2. The molecule has 0 aliphatic carbocycles. The molecule has 0 saturated carbocycles. The summed E-state index contributed by atoms with van der Waals surface area (Å²) in [7, 11) is 0. The van der Waals surface area contributed by atoms with Crippen molar-refractivity contribution in [1.82, 2.24) is 4.57 Å². The van der Waals surface area contributed by atoms with Crippen LogP contribution < -0.4 is 19.8 Å². The van der Waals surface area contributed by atoms with E-state index in [0.29, 0.717) is 32.7 Å². The van der Waals surface area contributed by atoms with Gasteiger partial charge in [-0.2, -0.15) is 0 Å². The third-order valence-electron chi connectivity index (χ3n) is 7.83. The van der Waals surface area contributed by atoms with E-state index < -0.39 is 12.0 Å². The lowest BCUT2D eigenvalue weighted by molar-refractivity contribution is -0.140. The number of fused-ring (bicyclic) bond motifs is 2. The number of anilines is 1.